The van der Waals surface area contributed by atoms with Gasteiger partial charge in [0.2, 0.25) is 0 Å². The van der Waals surface area contributed by atoms with Crippen LogP contribution in [-0.2, 0) is 0 Å². The van der Waals surface area contributed by atoms with E-state index < -0.39 is 0 Å². The SMILES string of the molecule is COc1cc(-c2cccs2)c(C)cc1Cl. The van der Waals surface area contributed by atoms with Gasteiger partial charge in [0.05, 0.1) is 12.1 Å². The summed E-state index contributed by atoms with van der Waals surface area (Å²) in [6, 6.07) is 8.07. The van der Waals surface area contributed by atoms with Gasteiger partial charge in [0.15, 0.2) is 0 Å². The monoisotopic (exact) mass is 238 g/mol. The molecule has 2 rings (SSSR count). The van der Waals surface area contributed by atoms with Crippen LogP contribution in [0.4, 0.5) is 0 Å². The molecule has 0 bridgehead atoms. The number of hydrogen-bond acceptors (Lipinski definition) is 2. The Hall–Kier alpha value is -0.990. The number of thiophene rings is 1. The Labute approximate surface area is 98.3 Å². The fraction of sp³-hybridized carbons (Fsp3) is 0.167. The van der Waals surface area contributed by atoms with Gasteiger partial charge in [0.25, 0.3) is 0 Å². The van der Waals surface area contributed by atoms with E-state index >= 15 is 0 Å². The van der Waals surface area contributed by atoms with Crippen molar-refractivity contribution < 1.29 is 4.74 Å². The Balaban J connectivity index is 2.57. The van der Waals surface area contributed by atoms with E-state index in [1.54, 1.807) is 18.4 Å². The standard InChI is InChI=1S/C12H11ClOS/c1-8-6-10(13)11(14-2)7-9(8)12-4-3-5-15-12/h3-7H,1-2H3. The van der Waals surface area contributed by atoms with E-state index in [0.717, 1.165) is 5.75 Å². The molecule has 2 aromatic rings. The lowest BCUT2D eigenvalue weighted by atomic mass is 10.1. The van der Waals surface area contributed by atoms with Gasteiger partial charge < -0.3 is 4.74 Å². The highest BCUT2D eigenvalue weighted by molar-refractivity contribution is 7.13. The first-order valence-corrected chi connectivity index (χ1v) is 5.86. The van der Waals surface area contributed by atoms with Crippen molar-refractivity contribution >= 4 is 22.9 Å². The molecule has 1 heterocycles. The third-order valence-electron chi connectivity index (χ3n) is 2.29. The molecule has 0 fully saturated rings. The zero-order valence-corrected chi connectivity index (χ0v) is 10.2. The highest BCUT2D eigenvalue weighted by Gasteiger charge is 2.08. The summed E-state index contributed by atoms with van der Waals surface area (Å²) in [6.07, 6.45) is 0. The first-order chi connectivity index (χ1) is 7.22. The van der Waals surface area contributed by atoms with Gasteiger partial charge in [-0.2, -0.15) is 0 Å². The summed E-state index contributed by atoms with van der Waals surface area (Å²) in [7, 11) is 1.63. The number of aryl methyl sites for hydroxylation is 1. The number of methoxy groups -OCH3 is 1. The van der Waals surface area contributed by atoms with Crippen LogP contribution in [-0.4, -0.2) is 7.11 Å². The number of rotatable bonds is 2. The van der Waals surface area contributed by atoms with Gasteiger partial charge >= 0.3 is 0 Å². The lowest BCUT2D eigenvalue weighted by Crippen LogP contribution is -1.87. The molecule has 3 heteroatoms. The minimum atomic E-state index is 0.662. The number of ether oxygens (including phenoxy) is 1. The van der Waals surface area contributed by atoms with Crippen molar-refractivity contribution in [2.75, 3.05) is 7.11 Å². The molecule has 1 nitrogen and oxygen atoms in total. The molecular formula is C12H11ClOS. The van der Waals surface area contributed by atoms with Crippen LogP contribution in [0.25, 0.3) is 10.4 Å². The van der Waals surface area contributed by atoms with Crippen molar-refractivity contribution in [1.29, 1.82) is 0 Å². The second kappa shape index (κ2) is 4.25. The van der Waals surface area contributed by atoms with E-state index in [-0.39, 0.29) is 0 Å². The van der Waals surface area contributed by atoms with Crippen molar-refractivity contribution in [3.8, 4) is 16.2 Å². The molecule has 0 spiro atoms. The van der Waals surface area contributed by atoms with Crippen LogP contribution in [0.2, 0.25) is 5.02 Å². The fourth-order valence-corrected chi connectivity index (χ4v) is 2.61. The second-order valence-electron chi connectivity index (χ2n) is 3.28. The summed E-state index contributed by atoms with van der Waals surface area (Å²) in [5, 5.41) is 2.73. The van der Waals surface area contributed by atoms with E-state index in [1.807, 2.05) is 18.2 Å². The van der Waals surface area contributed by atoms with E-state index in [4.69, 9.17) is 16.3 Å². The average molecular weight is 239 g/mol. The molecule has 0 radical (unpaired) electrons. The van der Waals surface area contributed by atoms with E-state index in [2.05, 4.69) is 18.4 Å². The van der Waals surface area contributed by atoms with Crippen molar-refractivity contribution in [2.45, 2.75) is 6.92 Å². The first-order valence-electron chi connectivity index (χ1n) is 4.60. The summed E-state index contributed by atoms with van der Waals surface area (Å²) >= 11 is 7.76. The highest BCUT2D eigenvalue weighted by Crippen LogP contribution is 2.35. The molecule has 1 aromatic carbocycles. The minimum absolute atomic E-state index is 0.662. The van der Waals surface area contributed by atoms with Crippen molar-refractivity contribution in [1.82, 2.24) is 0 Å². The normalized spacial score (nSPS) is 10.3. The topological polar surface area (TPSA) is 9.23 Å². The third-order valence-corrected chi connectivity index (χ3v) is 3.48. The third kappa shape index (κ3) is 2.01. The van der Waals surface area contributed by atoms with Crippen LogP contribution in [0.5, 0.6) is 5.75 Å². The van der Waals surface area contributed by atoms with Gasteiger partial charge in [-0.05, 0) is 41.6 Å². The quantitative estimate of drug-likeness (QED) is 0.754. The summed E-state index contributed by atoms with van der Waals surface area (Å²) in [6.45, 7) is 2.06. The van der Waals surface area contributed by atoms with Gasteiger partial charge in [-0.25, -0.2) is 0 Å². The van der Waals surface area contributed by atoms with E-state index in [0.29, 0.717) is 5.02 Å². The van der Waals surface area contributed by atoms with Gasteiger partial charge in [-0.1, -0.05) is 17.7 Å². The van der Waals surface area contributed by atoms with Crippen LogP contribution in [0.15, 0.2) is 29.6 Å². The maximum Gasteiger partial charge on any atom is 0.138 e. The van der Waals surface area contributed by atoms with Crippen LogP contribution < -0.4 is 4.74 Å². The maximum atomic E-state index is 6.04. The minimum Gasteiger partial charge on any atom is -0.495 e. The zero-order chi connectivity index (χ0) is 10.8. The maximum absolute atomic E-state index is 6.04. The summed E-state index contributed by atoms with van der Waals surface area (Å²) in [4.78, 5) is 1.24. The summed E-state index contributed by atoms with van der Waals surface area (Å²) in [5.74, 6) is 0.727. The molecule has 0 amide bonds. The van der Waals surface area contributed by atoms with Crippen molar-refractivity contribution in [3.63, 3.8) is 0 Å². The van der Waals surface area contributed by atoms with Crippen LogP contribution in [0.1, 0.15) is 5.56 Å². The van der Waals surface area contributed by atoms with Gasteiger partial charge in [0.1, 0.15) is 5.75 Å². The van der Waals surface area contributed by atoms with Crippen molar-refractivity contribution in [2.24, 2.45) is 0 Å². The largest absolute Gasteiger partial charge is 0.495 e. The first kappa shape index (κ1) is 10.5. The molecule has 78 valence electrons. The van der Waals surface area contributed by atoms with E-state index in [9.17, 15) is 0 Å². The van der Waals surface area contributed by atoms with Crippen LogP contribution in [0, 0.1) is 6.92 Å². The van der Waals surface area contributed by atoms with Gasteiger partial charge in [-0.3, -0.25) is 0 Å². The Morgan fingerprint density at radius 1 is 1.33 bits per heavy atom. The second-order valence-corrected chi connectivity index (χ2v) is 4.63. The average Bonchev–Trinajstić information content (AvgIpc) is 2.71. The van der Waals surface area contributed by atoms with Crippen molar-refractivity contribution in [3.05, 3.63) is 40.2 Å². The van der Waals surface area contributed by atoms with E-state index in [1.165, 1.54) is 16.0 Å². The molecule has 0 saturated carbocycles. The Bertz CT molecular complexity index is 463. The predicted molar refractivity (Wildman–Crippen MR) is 66.1 cm³/mol. The lowest BCUT2D eigenvalue weighted by Gasteiger charge is -2.08. The van der Waals surface area contributed by atoms with Gasteiger partial charge in [-0.15, -0.1) is 11.3 Å². The number of hydrogen-bond donors (Lipinski definition) is 0. The molecule has 0 aliphatic carbocycles. The van der Waals surface area contributed by atoms with Crippen LogP contribution in [0.3, 0.4) is 0 Å². The molecule has 1 aromatic heterocycles. The predicted octanol–water partition coefficient (Wildman–Crippen LogP) is 4.39. The molecule has 15 heavy (non-hydrogen) atoms. The molecule has 0 atom stereocenters. The summed E-state index contributed by atoms with van der Waals surface area (Å²) in [5.41, 5.74) is 2.36. The highest BCUT2D eigenvalue weighted by atomic mass is 35.5. The fourth-order valence-electron chi connectivity index (χ4n) is 1.51. The Kier molecular flexibility index (Phi) is 2.98. The van der Waals surface area contributed by atoms with Gasteiger partial charge in [0, 0.05) is 4.88 Å². The molecular weight excluding hydrogens is 228 g/mol. The zero-order valence-electron chi connectivity index (χ0n) is 8.58. The molecule has 0 aliphatic rings. The molecule has 0 N–H and O–H groups in total. The lowest BCUT2D eigenvalue weighted by molar-refractivity contribution is 0.415. The molecule has 0 unspecified atom stereocenters. The molecule has 0 aliphatic heterocycles. The number of halogens is 1. The van der Waals surface area contributed by atoms with Crippen LogP contribution >= 0.6 is 22.9 Å². The Morgan fingerprint density at radius 2 is 2.13 bits per heavy atom. The molecule has 0 saturated heterocycles. The number of benzene rings is 1. The summed E-state index contributed by atoms with van der Waals surface area (Å²) < 4.78 is 5.21. The Morgan fingerprint density at radius 3 is 2.73 bits per heavy atom. The smallest absolute Gasteiger partial charge is 0.138 e.